The standard InChI is InChI=1S/C24H40N6OS/c1-5-6-14-26-22(25-4)30-16-12-19(13-17-30)11-15-27-23(31)29-24(32)28-21-10-8-7-9-20(21)18(2)3/h7-10,14,18-19,22,25H,5-6,11-13,15-17H2,1-4H3,(H3,27,28,29,31,32)/b26-14-. The number of urea groups is 1. The molecule has 0 spiro atoms. The van der Waals surface area contributed by atoms with E-state index in [1.165, 1.54) is 5.56 Å². The number of nitrogens with one attached hydrogen (secondary N) is 4. The first-order valence-corrected chi connectivity index (χ1v) is 12.2. The van der Waals surface area contributed by atoms with Crippen molar-refractivity contribution in [2.24, 2.45) is 10.9 Å². The zero-order chi connectivity index (χ0) is 23.3. The van der Waals surface area contributed by atoms with Crippen LogP contribution in [0.1, 0.15) is 64.4 Å². The van der Waals surface area contributed by atoms with Crippen LogP contribution in [0.5, 0.6) is 0 Å². The first kappa shape index (κ1) is 26.2. The molecule has 1 aromatic rings. The lowest BCUT2D eigenvalue weighted by Crippen LogP contribution is -2.47. The van der Waals surface area contributed by atoms with Gasteiger partial charge in [-0.2, -0.15) is 0 Å². The zero-order valence-corrected chi connectivity index (χ0v) is 20.8. The third-order valence-electron chi connectivity index (χ3n) is 5.81. The molecule has 32 heavy (non-hydrogen) atoms. The van der Waals surface area contributed by atoms with Gasteiger partial charge in [-0.15, -0.1) is 0 Å². The molecule has 178 valence electrons. The summed E-state index contributed by atoms with van der Waals surface area (Å²) in [6.45, 7) is 9.12. The quantitative estimate of drug-likeness (QED) is 0.310. The van der Waals surface area contributed by atoms with Gasteiger partial charge in [0.2, 0.25) is 0 Å². The van der Waals surface area contributed by atoms with Crippen molar-refractivity contribution < 1.29 is 4.79 Å². The highest BCUT2D eigenvalue weighted by Crippen LogP contribution is 2.23. The second kappa shape index (κ2) is 14.2. The summed E-state index contributed by atoms with van der Waals surface area (Å²) in [4.78, 5) is 19.3. The minimum absolute atomic E-state index is 0.0701. The molecule has 0 bridgehead atoms. The number of hydrogen-bond acceptors (Lipinski definition) is 5. The van der Waals surface area contributed by atoms with Crippen molar-refractivity contribution in [1.29, 1.82) is 0 Å². The van der Waals surface area contributed by atoms with E-state index in [1.807, 2.05) is 31.5 Å². The van der Waals surface area contributed by atoms with Crippen LogP contribution in [-0.2, 0) is 0 Å². The minimum Gasteiger partial charge on any atom is -0.338 e. The van der Waals surface area contributed by atoms with E-state index in [1.54, 1.807) is 0 Å². The molecule has 0 aromatic heterocycles. The van der Waals surface area contributed by atoms with Crippen LogP contribution in [0.3, 0.4) is 0 Å². The van der Waals surface area contributed by atoms with Crippen LogP contribution in [0.15, 0.2) is 29.3 Å². The summed E-state index contributed by atoms with van der Waals surface area (Å²) >= 11 is 5.31. The van der Waals surface area contributed by atoms with Gasteiger partial charge in [-0.05, 0) is 68.4 Å². The first-order chi connectivity index (χ1) is 15.4. The van der Waals surface area contributed by atoms with E-state index >= 15 is 0 Å². The lowest BCUT2D eigenvalue weighted by Gasteiger charge is -2.35. The number of thiocarbonyl (C=S) groups is 1. The fourth-order valence-corrected chi connectivity index (χ4v) is 4.15. The summed E-state index contributed by atoms with van der Waals surface area (Å²) in [6.07, 6.45) is 7.45. The summed E-state index contributed by atoms with van der Waals surface area (Å²) in [5.74, 6) is 0.986. The summed E-state index contributed by atoms with van der Waals surface area (Å²) in [6, 6.07) is 7.74. The third kappa shape index (κ3) is 8.84. The summed E-state index contributed by atoms with van der Waals surface area (Å²) < 4.78 is 0. The Labute approximate surface area is 198 Å². The summed E-state index contributed by atoms with van der Waals surface area (Å²) in [5, 5.41) is 12.4. The van der Waals surface area contributed by atoms with Crippen molar-refractivity contribution in [3.05, 3.63) is 29.8 Å². The number of hydrogen-bond donors (Lipinski definition) is 4. The molecule has 8 heteroatoms. The highest BCUT2D eigenvalue weighted by molar-refractivity contribution is 7.80. The second-order valence-electron chi connectivity index (χ2n) is 8.63. The van der Waals surface area contributed by atoms with Gasteiger partial charge in [-0.3, -0.25) is 20.5 Å². The minimum atomic E-state index is -0.262. The first-order valence-electron chi connectivity index (χ1n) is 11.8. The smallest absolute Gasteiger partial charge is 0.321 e. The second-order valence-corrected chi connectivity index (χ2v) is 9.04. The van der Waals surface area contributed by atoms with Gasteiger partial charge in [0.15, 0.2) is 11.4 Å². The Hall–Kier alpha value is -2.03. The van der Waals surface area contributed by atoms with E-state index in [0.29, 0.717) is 23.5 Å². The van der Waals surface area contributed by atoms with E-state index in [0.717, 1.165) is 50.9 Å². The molecule has 0 radical (unpaired) electrons. The molecule has 2 rings (SSSR count). The summed E-state index contributed by atoms with van der Waals surface area (Å²) in [7, 11) is 1.96. The highest BCUT2D eigenvalue weighted by atomic mass is 32.1. The summed E-state index contributed by atoms with van der Waals surface area (Å²) in [5.41, 5.74) is 2.10. The van der Waals surface area contributed by atoms with Gasteiger partial charge in [-0.1, -0.05) is 45.4 Å². The molecular weight excluding hydrogens is 420 g/mol. The largest absolute Gasteiger partial charge is 0.338 e. The van der Waals surface area contributed by atoms with Crippen LogP contribution in [-0.4, -0.2) is 55.2 Å². The van der Waals surface area contributed by atoms with Crippen LogP contribution in [0.25, 0.3) is 0 Å². The Morgan fingerprint density at radius 3 is 2.66 bits per heavy atom. The molecule has 7 nitrogen and oxygen atoms in total. The molecule has 4 N–H and O–H groups in total. The maximum atomic E-state index is 12.2. The van der Waals surface area contributed by atoms with Gasteiger partial charge >= 0.3 is 6.03 Å². The lowest BCUT2D eigenvalue weighted by atomic mass is 9.93. The fourth-order valence-electron chi connectivity index (χ4n) is 3.95. The molecule has 2 amide bonds. The van der Waals surface area contributed by atoms with Crippen LogP contribution in [0, 0.1) is 5.92 Å². The van der Waals surface area contributed by atoms with Crippen molar-refractivity contribution in [3.8, 4) is 0 Å². The topological polar surface area (TPSA) is 80.8 Å². The molecule has 1 fully saturated rings. The van der Waals surface area contributed by atoms with Crippen molar-refractivity contribution in [2.45, 2.75) is 65.1 Å². The average Bonchev–Trinajstić information content (AvgIpc) is 2.77. The number of rotatable bonds is 10. The molecular formula is C24H40N6OS. The zero-order valence-electron chi connectivity index (χ0n) is 20.0. The number of carbonyl (C=O) groups is 1. The number of carbonyl (C=O) groups excluding carboxylic acids is 1. The number of amides is 2. The molecule has 0 aliphatic carbocycles. The Morgan fingerprint density at radius 1 is 1.28 bits per heavy atom. The van der Waals surface area contributed by atoms with E-state index in [4.69, 9.17) is 12.2 Å². The predicted octanol–water partition coefficient (Wildman–Crippen LogP) is 4.28. The Balaban J connectivity index is 1.67. The van der Waals surface area contributed by atoms with E-state index < -0.39 is 0 Å². The van der Waals surface area contributed by atoms with Crippen LogP contribution in [0.4, 0.5) is 10.5 Å². The normalized spacial score (nSPS) is 16.3. The fraction of sp³-hybridized carbons (Fsp3) is 0.625. The lowest BCUT2D eigenvalue weighted by molar-refractivity contribution is 0.118. The Kier molecular flexibility index (Phi) is 11.6. The molecule has 1 saturated heterocycles. The molecule has 0 saturated carbocycles. The number of piperidine rings is 1. The SMILES string of the molecule is CCC/C=N\C(NC)N1CCC(CCNC(=O)NC(=S)Nc2ccccc2C(C)C)CC1. The third-order valence-corrected chi connectivity index (χ3v) is 6.02. The number of para-hydroxylation sites is 1. The highest BCUT2D eigenvalue weighted by Gasteiger charge is 2.23. The van der Waals surface area contributed by atoms with E-state index in [9.17, 15) is 4.79 Å². The van der Waals surface area contributed by atoms with E-state index in [-0.39, 0.29) is 12.3 Å². The number of nitrogens with zero attached hydrogens (tertiary/aromatic N) is 2. The Morgan fingerprint density at radius 2 is 2.00 bits per heavy atom. The average molecular weight is 461 g/mol. The number of unbranched alkanes of at least 4 members (excludes halogenated alkanes) is 1. The van der Waals surface area contributed by atoms with Crippen molar-refractivity contribution >= 4 is 35.3 Å². The predicted molar refractivity (Wildman–Crippen MR) is 138 cm³/mol. The van der Waals surface area contributed by atoms with Crippen LogP contribution >= 0.6 is 12.2 Å². The molecule has 1 aliphatic heterocycles. The number of benzene rings is 1. The molecule has 1 atom stereocenters. The number of aliphatic imine (C=N–C) groups is 1. The maximum Gasteiger partial charge on any atom is 0.321 e. The van der Waals surface area contributed by atoms with Crippen molar-refractivity contribution in [3.63, 3.8) is 0 Å². The number of anilines is 1. The Bertz CT molecular complexity index is 746. The van der Waals surface area contributed by atoms with E-state index in [2.05, 4.69) is 58.0 Å². The van der Waals surface area contributed by atoms with Gasteiger partial charge in [0.1, 0.15) is 0 Å². The molecule has 1 unspecified atom stereocenters. The van der Waals surface area contributed by atoms with Gasteiger partial charge in [0, 0.05) is 31.5 Å². The monoisotopic (exact) mass is 460 g/mol. The van der Waals surface area contributed by atoms with Crippen molar-refractivity contribution in [1.82, 2.24) is 20.9 Å². The van der Waals surface area contributed by atoms with Crippen LogP contribution < -0.4 is 21.3 Å². The maximum absolute atomic E-state index is 12.2. The van der Waals surface area contributed by atoms with Gasteiger partial charge in [0.05, 0.1) is 0 Å². The van der Waals surface area contributed by atoms with Gasteiger partial charge < -0.3 is 10.6 Å². The molecule has 1 aliphatic rings. The molecule has 1 heterocycles. The van der Waals surface area contributed by atoms with Gasteiger partial charge in [0.25, 0.3) is 0 Å². The number of likely N-dealkylation sites (tertiary alicyclic amines) is 1. The molecule has 1 aromatic carbocycles. The van der Waals surface area contributed by atoms with Crippen LogP contribution in [0.2, 0.25) is 0 Å². The van der Waals surface area contributed by atoms with Crippen molar-refractivity contribution in [2.75, 3.05) is 32.0 Å². The van der Waals surface area contributed by atoms with Gasteiger partial charge in [-0.25, -0.2) is 4.79 Å².